The van der Waals surface area contributed by atoms with E-state index < -0.39 is 0 Å². The molecular weight excluding hydrogens is 138 g/mol. The van der Waals surface area contributed by atoms with Crippen LogP contribution in [-0.4, -0.2) is 25.8 Å². The zero-order valence-electron chi connectivity index (χ0n) is 7.12. The molecule has 0 amide bonds. The third kappa shape index (κ3) is 1.80. The molecule has 1 heterocycles. The first-order valence-electron chi connectivity index (χ1n) is 3.91. The minimum Gasteiger partial charge on any atom is -0.391 e. The van der Waals surface area contributed by atoms with Gasteiger partial charge in [-0.2, -0.15) is 0 Å². The Morgan fingerprint density at radius 2 is 2.36 bits per heavy atom. The monoisotopic (exact) mass is 153 g/mol. The van der Waals surface area contributed by atoms with E-state index in [4.69, 9.17) is 5.41 Å². The number of nitrogens with one attached hydrogen (secondary N) is 3. The Kier molecular flexibility index (Phi) is 2.65. The maximum absolute atomic E-state index is 7.62. The van der Waals surface area contributed by atoms with Gasteiger partial charge in [0.15, 0.2) is 0 Å². The predicted molar refractivity (Wildman–Crippen MR) is 47.0 cm³/mol. The lowest BCUT2D eigenvalue weighted by Crippen LogP contribution is -2.33. The zero-order valence-corrected chi connectivity index (χ0v) is 7.12. The van der Waals surface area contributed by atoms with Crippen LogP contribution >= 0.6 is 0 Å². The van der Waals surface area contributed by atoms with Gasteiger partial charge in [-0.15, -0.1) is 0 Å². The van der Waals surface area contributed by atoms with Crippen LogP contribution in [-0.2, 0) is 0 Å². The molecule has 0 radical (unpaired) electrons. The molecule has 1 aliphatic rings. The second kappa shape index (κ2) is 3.53. The Morgan fingerprint density at radius 3 is 2.91 bits per heavy atom. The number of rotatable bonds is 1. The van der Waals surface area contributed by atoms with Crippen molar-refractivity contribution in [1.82, 2.24) is 10.6 Å². The maximum Gasteiger partial charge on any atom is 0.0501 e. The molecule has 0 spiro atoms. The molecule has 1 rings (SSSR count). The quantitative estimate of drug-likeness (QED) is 0.513. The summed E-state index contributed by atoms with van der Waals surface area (Å²) in [4.78, 5) is 0. The predicted octanol–water partition coefficient (Wildman–Crippen LogP) is 0.493. The fourth-order valence-electron chi connectivity index (χ4n) is 1.25. The normalized spacial score (nSPS) is 23.3. The standard InChI is InChI=1S/C8H15N3/c1-6(10-2)7-3-4-11-5-8(7)9/h9-11H,3-5H2,1-2H3/b7-6-,9-8?. The van der Waals surface area contributed by atoms with Crippen LogP contribution in [0.15, 0.2) is 11.3 Å². The lowest BCUT2D eigenvalue weighted by molar-refractivity contribution is 0.718. The Labute approximate surface area is 67.4 Å². The molecule has 3 nitrogen and oxygen atoms in total. The molecule has 0 unspecified atom stereocenters. The summed E-state index contributed by atoms with van der Waals surface area (Å²) in [5.74, 6) is 0. The number of piperidine rings is 1. The highest BCUT2D eigenvalue weighted by molar-refractivity contribution is 6.00. The fraction of sp³-hybridized carbons (Fsp3) is 0.625. The second-order valence-corrected chi connectivity index (χ2v) is 2.76. The van der Waals surface area contributed by atoms with Crippen molar-refractivity contribution in [3.8, 4) is 0 Å². The van der Waals surface area contributed by atoms with Crippen molar-refractivity contribution >= 4 is 5.71 Å². The highest BCUT2D eigenvalue weighted by atomic mass is 14.9. The zero-order chi connectivity index (χ0) is 8.27. The summed E-state index contributed by atoms with van der Waals surface area (Å²) < 4.78 is 0. The third-order valence-corrected chi connectivity index (χ3v) is 2.05. The van der Waals surface area contributed by atoms with Crippen LogP contribution in [0, 0.1) is 5.41 Å². The number of allylic oxidation sites excluding steroid dienone is 1. The first-order chi connectivity index (χ1) is 5.25. The number of hydrogen-bond acceptors (Lipinski definition) is 3. The van der Waals surface area contributed by atoms with E-state index in [1.54, 1.807) is 0 Å². The maximum atomic E-state index is 7.62. The van der Waals surface area contributed by atoms with Gasteiger partial charge in [0.25, 0.3) is 0 Å². The average Bonchev–Trinajstić information content (AvgIpc) is 2.04. The largest absolute Gasteiger partial charge is 0.391 e. The lowest BCUT2D eigenvalue weighted by atomic mass is 10.0. The molecule has 62 valence electrons. The minimum atomic E-state index is 0.717. The summed E-state index contributed by atoms with van der Waals surface area (Å²) in [5, 5.41) is 13.9. The van der Waals surface area contributed by atoms with Gasteiger partial charge in [-0.05, 0) is 25.5 Å². The van der Waals surface area contributed by atoms with Crippen molar-refractivity contribution in [3.05, 3.63) is 11.3 Å². The van der Waals surface area contributed by atoms with Gasteiger partial charge in [-0.1, -0.05) is 0 Å². The van der Waals surface area contributed by atoms with E-state index in [0.29, 0.717) is 6.54 Å². The summed E-state index contributed by atoms with van der Waals surface area (Å²) in [7, 11) is 1.90. The molecule has 0 aromatic heterocycles. The summed E-state index contributed by atoms with van der Waals surface area (Å²) >= 11 is 0. The molecule has 11 heavy (non-hydrogen) atoms. The first-order valence-corrected chi connectivity index (χ1v) is 3.91. The molecule has 0 saturated carbocycles. The summed E-state index contributed by atoms with van der Waals surface area (Å²) in [6.45, 7) is 3.74. The molecule has 0 atom stereocenters. The Morgan fingerprint density at radius 1 is 1.64 bits per heavy atom. The average molecular weight is 153 g/mol. The fourth-order valence-corrected chi connectivity index (χ4v) is 1.25. The third-order valence-electron chi connectivity index (χ3n) is 2.05. The molecule has 0 bridgehead atoms. The molecule has 3 heteroatoms. The van der Waals surface area contributed by atoms with Crippen LogP contribution in [0.1, 0.15) is 13.3 Å². The van der Waals surface area contributed by atoms with Crippen LogP contribution in [0.4, 0.5) is 0 Å². The SMILES string of the molecule is CN/C(C)=C1/CCNCC1=N. The van der Waals surface area contributed by atoms with Gasteiger partial charge in [0.05, 0.1) is 5.71 Å². The molecule has 0 aliphatic carbocycles. The summed E-state index contributed by atoms with van der Waals surface area (Å²) in [6, 6.07) is 0. The van der Waals surface area contributed by atoms with Crippen LogP contribution < -0.4 is 10.6 Å². The Balaban J connectivity index is 2.75. The van der Waals surface area contributed by atoms with E-state index in [-0.39, 0.29) is 0 Å². The van der Waals surface area contributed by atoms with E-state index in [1.165, 1.54) is 5.57 Å². The second-order valence-electron chi connectivity index (χ2n) is 2.76. The Hall–Kier alpha value is -0.830. The van der Waals surface area contributed by atoms with Crippen molar-refractivity contribution in [2.75, 3.05) is 20.1 Å². The molecule has 0 aromatic rings. The van der Waals surface area contributed by atoms with Crippen molar-refractivity contribution < 1.29 is 0 Å². The minimum absolute atomic E-state index is 0.717. The van der Waals surface area contributed by atoms with Crippen LogP contribution in [0.3, 0.4) is 0 Å². The highest BCUT2D eigenvalue weighted by Crippen LogP contribution is 2.10. The molecule has 1 aliphatic heterocycles. The summed E-state index contributed by atoms with van der Waals surface area (Å²) in [5.41, 5.74) is 3.03. The van der Waals surface area contributed by atoms with E-state index >= 15 is 0 Å². The van der Waals surface area contributed by atoms with Crippen molar-refractivity contribution in [1.29, 1.82) is 5.41 Å². The van der Waals surface area contributed by atoms with E-state index in [9.17, 15) is 0 Å². The van der Waals surface area contributed by atoms with Gasteiger partial charge in [0.2, 0.25) is 0 Å². The first kappa shape index (κ1) is 8.27. The molecule has 3 N–H and O–H groups in total. The van der Waals surface area contributed by atoms with Gasteiger partial charge in [0.1, 0.15) is 0 Å². The van der Waals surface area contributed by atoms with Gasteiger partial charge < -0.3 is 16.0 Å². The molecule has 1 saturated heterocycles. The van der Waals surface area contributed by atoms with E-state index in [1.807, 2.05) is 14.0 Å². The number of hydrogen-bond donors (Lipinski definition) is 3. The van der Waals surface area contributed by atoms with Gasteiger partial charge in [0, 0.05) is 19.3 Å². The van der Waals surface area contributed by atoms with E-state index in [2.05, 4.69) is 10.6 Å². The van der Waals surface area contributed by atoms with Crippen molar-refractivity contribution in [3.63, 3.8) is 0 Å². The lowest BCUT2D eigenvalue weighted by Gasteiger charge is -2.19. The van der Waals surface area contributed by atoms with Crippen molar-refractivity contribution in [2.24, 2.45) is 0 Å². The smallest absolute Gasteiger partial charge is 0.0501 e. The van der Waals surface area contributed by atoms with Gasteiger partial charge in [-0.3, -0.25) is 0 Å². The van der Waals surface area contributed by atoms with Crippen LogP contribution in [0.2, 0.25) is 0 Å². The van der Waals surface area contributed by atoms with Crippen molar-refractivity contribution in [2.45, 2.75) is 13.3 Å². The van der Waals surface area contributed by atoms with Gasteiger partial charge in [-0.25, -0.2) is 0 Å². The highest BCUT2D eigenvalue weighted by Gasteiger charge is 2.12. The van der Waals surface area contributed by atoms with E-state index in [0.717, 1.165) is 24.4 Å². The van der Waals surface area contributed by atoms with Gasteiger partial charge >= 0.3 is 0 Å². The molecular formula is C8H15N3. The molecule has 0 aromatic carbocycles. The topological polar surface area (TPSA) is 47.9 Å². The Bertz CT molecular complexity index is 194. The van der Waals surface area contributed by atoms with Crippen LogP contribution in [0.5, 0.6) is 0 Å². The van der Waals surface area contributed by atoms with Crippen LogP contribution in [0.25, 0.3) is 0 Å². The molecule has 1 fully saturated rings. The summed E-state index contributed by atoms with van der Waals surface area (Å²) in [6.07, 6.45) is 0.978.